The molecule has 0 bridgehead atoms. The number of benzene rings is 1. The first kappa shape index (κ1) is 20.9. The minimum Gasteiger partial charge on any atom is -0.439 e. The van der Waals surface area contributed by atoms with Gasteiger partial charge in [-0.05, 0) is 38.1 Å². The van der Waals surface area contributed by atoms with Gasteiger partial charge in [0.05, 0.1) is 16.8 Å². The van der Waals surface area contributed by atoms with Crippen LogP contribution < -0.4 is 21.3 Å². The minimum atomic E-state index is -0.737. The summed E-state index contributed by atoms with van der Waals surface area (Å²) in [5, 5.41) is 3.94. The quantitative estimate of drug-likeness (QED) is 0.475. The summed E-state index contributed by atoms with van der Waals surface area (Å²) >= 11 is 0. The van der Waals surface area contributed by atoms with Crippen LogP contribution in [0.3, 0.4) is 0 Å². The fourth-order valence-electron chi connectivity index (χ4n) is 3.07. The minimum absolute atomic E-state index is 0.126. The van der Waals surface area contributed by atoms with E-state index in [0.29, 0.717) is 28.5 Å². The van der Waals surface area contributed by atoms with E-state index in [9.17, 15) is 9.59 Å². The van der Waals surface area contributed by atoms with Gasteiger partial charge in [0.15, 0.2) is 0 Å². The SMILES string of the molecule is CC(C)Nc1ncc(-c2ccc3cc(Oc4ccnc(C(N)=O)n4)ccc3n2)c(=O)n1C. The van der Waals surface area contributed by atoms with E-state index in [1.54, 1.807) is 31.3 Å². The lowest BCUT2D eigenvalue weighted by Gasteiger charge is -2.13. The number of nitrogens with one attached hydrogen (secondary N) is 1. The van der Waals surface area contributed by atoms with E-state index in [-0.39, 0.29) is 23.3 Å². The van der Waals surface area contributed by atoms with Crippen LogP contribution in [-0.2, 0) is 7.05 Å². The van der Waals surface area contributed by atoms with Crippen molar-refractivity contribution in [1.29, 1.82) is 0 Å². The number of nitrogens with zero attached hydrogens (tertiary/aromatic N) is 5. The number of amides is 1. The van der Waals surface area contributed by atoms with Crippen molar-refractivity contribution in [2.75, 3.05) is 5.32 Å². The molecule has 0 aliphatic carbocycles. The van der Waals surface area contributed by atoms with Crippen molar-refractivity contribution in [2.24, 2.45) is 12.8 Å². The van der Waals surface area contributed by atoms with Crippen LogP contribution >= 0.6 is 0 Å². The Morgan fingerprint density at radius 3 is 2.69 bits per heavy atom. The van der Waals surface area contributed by atoms with Crippen molar-refractivity contribution in [3.8, 4) is 22.9 Å². The number of ether oxygens (including phenoxy) is 1. The molecule has 162 valence electrons. The summed E-state index contributed by atoms with van der Waals surface area (Å²) < 4.78 is 7.19. The lowest BCUT2D eigenvalue weighted by Crippen LogP contribution is -2.25. The van der Waals surface area contributed by atoms with E-state index in [1.165, 1.54) is 23.0 Å². The fourth-order valence-corrected chi connectivity index (χ4v) is 3.07. The van der Waals surface area contributed by atoms with Crippen LogP contribution in [0.1, 0.15) is 24.5 Å². The number of carbonyl (C=O) groups excluding carboxylic acids is 1. The van der Waals surface area contributed by atoms with Gasteiger partial charge in [-0.1, -0.05) is 6.07 Å². The third-order valence-corrected chi connectivity index (χ3v) is 4.60. The number of hydrogen-bond acceptors (Lipinski definition) is 8. The van der Waals surface area contributed by atoms with E-state index < -0.39 is 5.91 Å². The van der Waals surface area contributed by atoms with Crippen LogP contribution in [0.2, 0.25) is 0 Å². The molecule has 32 heavy (non-hydrogen) atoms. The first-order chi connectivity index (χ1) is 15.3. The molecule has 1 aromatic carbocycles. The molecule has 3 N–H and O–H groups in total. The molecule has 4 rings (SSSR count). The molecule has 3 heterocycles. The van der Waals surface area contributed by atoms with Gasteiger partial charge in [-0.3, -0.25) is 14.2 Å². The zero-order valence-corrected chi connectivity index (χ0v) is 17.7. The molecular formula is C22H21N7O3. The molecule has 10 nitrogen and oxygen atoms in total. The molecule has 0 aliphatic heterocycles. The Balaban J connectivity index is 1.64. The summed E-state index contributed by atoms with van der Waals surface area (Å²) in [5.74, 6) is 0.338. The summed E-state index contributed by atoms with van der Waals surface area (Å²) in [6.07, 6.45) is 2.93. The van der Waals surface area contributed by atoms with Crippen LogP contribution in [0.25, 0.3) is 22.2 Å². The number of rotatable bonds is 6. The molecule has 1 amide bonds. The number of anilines is 1. The van der Waals surface area contributed by atoms with Crippen LogP contribution in [0.15, 0.2) is 53.6 Å². The maximum absolute atomic E-state index is 12.8. The summed E-state index contributed by atoms with van der Waals surface area (Å²) in [7, 11) is 1.67. The standard InChI is InChI=1S/C22H21N7O3/c1-12(2)26-22-25-11-15(21(31)29(22)3)17-6-4-13-10-14(5-7-16(13)27-17)32-18-8-9-24-20(28-18)19(23)30/h4-12H,1-3H3,(H2,23,30)(H,25,26). The molecule has 0 radical (unpaired) electrons. The number of aromatic nitrogens is 5. The second-order valence-corrected chi connectivity index (χ2v) is 7.39. The van der Waals surface area contributed by atoms with Gasteiger partial charge in [-0.2, -0.15) is 4.98 Å². The van der Waals surface area contributed by atoms with E-state index in [0.717, 1.165) is 5.39 Å². The predicted molar refractivity (Wildman–Crippen MR) is 120 cm³/mol. The molecule has 4 aromatic rings. The zero-order valence-electron chi connectivity index (χ0n) is 17.7. The van der Waals surface area contributed by atoms with Gasteiger partial charge < -0.3 is 15.8 Å². The molecule has 0 unspecified atom stereocenters. The Morgan fingerprint density at radius 2 is 1.94 bits per heavy atom. The largest absolute Gasteiger partial charge is 0.439 e. The predicted octanol–water partition coefficient (Wildman–Crippen LogP) is 2.50. The van der Waals surface area contributed by atoms with Gasteiger partial charge in [0.1, 0.15) is 5.75 Å². The highest BCUT2D eigenvalue weighted by molar-refractivity contribution is 5.88. The van der Waals surface area contributed by atoms with Crippen molar-refractivity contribution in [3.05, 3.63) is 65.0 Å². The van der Waals surface area contributed by atoms with Crippen LogP contribution in [0.4, 0.5) is 5.95 Å². The maximum Gasteiger partial charge on any atom is 0.286 e. The number of fused-ring (bicyclic) bond motifs is 1. The Labute approximate surface area is 183 Å². The second-order valence-electron chi connectivity index (χ2n) is 7.39. The molecule has 0 spiro atoms. The third-order valence-electron chi connectivity index (χ3n) is 4.60. The van der Waals surface area contributed by atoms with Crippen LogP contribution in [0.5, 0.6) is 11.6 Å². The van der Waals surface area contributed by atoms with Crippen molar-refractivity contribution in [2.45, 2.75) is 19.9 Å². The van der Waals surface area contributed by atoms with Crippen molar-refractivity contribution in [1.82, 2.24) is 24.5 Å². The third kappa shape index (κ3) is 4.24. The van der Waals surface area contributed by atoms with Gasteiger partial charge in [0, 0.05) is 36.9 Å². The first-order valence-electron chi connectivity index (χ1n) is 9.86. The molecule has 3 aromatic heterocycles. The zero-order chi connectivity index (χ0) is 22.8. The van der Waals surface area contributed by atoms with E-state index in [4.69, 9.17) is 10.5 Å². The lowest BCUT2D eigenvalue weighted by atomic mass is 10.1. The lowest BCUT2D eigenvalue weighted by molar-refractivity contribution is 0.0989. The molecule has 0 atom stereocenters. The molecule has 10 heteroatoms. The normalized spacial score (nSPS) is 11.0. The van der Waals surface area contributed by atoms with Gasteiger partial charge in [-0.25, -0.2) is 15.0 Å². The van der Waals surface area contributed by atoms with Crippen molar-refractivity contribution >= 4 is 22.8 Å². The summed E-state index contributed by atoms with van der Waals surface area (Å²) in [4.78, 5) is 40.8. The Kier molecular flexibility index (Phi) is 5.50. The second kappa shape index (κ2) is 8.42. The van der Waals surface area contributed by atoms with Crippen LogP contribution in [0, 0.1) is 0 Å². The number of primary amides is 1. The van der Waals surface area contributed by atoms with E-state index in [2.05, 4.69) is 25.3 Å². The van der Waals surface area contributed by atoms with Gasteiger partial charge in [0.2, 0.25) is 17.7 Å². The van der Waals surface area contributed by atoms with Crippen molar-refractivity contribution < 1.29 is 9.53 Å². The summed E-state index contributed by atoms with van der Waals surface area (Å²) in [5.41, 5.74) is 6.63. The smallest absolute Gasteiger partial charge is 0.286 e. The number of nitrogens with two attached hydrogens (primary N) is 1. The highest BCUT2D eigenvalue weighted by atomic mass is 16.5. The number of pyridine rings is 1. The molecule has 0 aliphatic rings. The summed E-state index contributed by atoms with van der Waals surface area (Å²) in [6, 6.07) is 10.6. The monoisotopic (exact) mass is 431 g/mol. The first-order valence-corrected chi connectivity index (χ1v) is 9.86. The highest BCUT2D eigenvalue weighted by Gasteiger charge is 2.12. The van der Waals surface area contributed by atoms with Crippen molar-refractivity contribution in [3.63, 3.8) is 0 Å². The average molecular weight is 431 g/mol. The Hall–Kier alpha value is -4.34. The van der Waals surface area contributed by atoms with Crippen LogP contribution in [-0.4, -0.2) is 36.5 Å². The Morgan fingerprint density at radius 1 is 1.12 bits per heavy atom. The molecule has 0 fully saturated rings. The topological polar surface area (TPSA) is 138 Å². The molecule has 0 saturated carbocycles. The van der Waals surface area contributed by atoms with Gasteiger partial charge >= 0.3 is 0 Å². The molecular weight excluding hydrogens is 410 g/mol. The number of hydrogen-bond donors (Lipinski definition) is 2. The number of carbonyl (C=O) groups is 1. The average Bonchev–Trinajstić information content (AvgIpc) is 2.77. The Bertz CT molecular complexity index is 1380. The van der Waals surface area contributed by atoms with Gasteiger partial charge in [-0.15, -0.1) is 0 Å². The molecule has 0 saturated heterocycles. The van der Waals surface area contributed by atoms with Gasteiger partial charge in [0.25, 0.3) is 11.5 Å². The van der Waals surface area contributed by atoms with E-state index >= 15 is 0 Å². The summed E-state index contributed by atoms with van der Waals surface area (Å²) in [6.45, 7) is 3.95. The fraction of sp³-hybridized carbons (Fsp3) is 0.182. The maximum atomic E-state index is 12.8. The van der Waals surface area contributed by atoms with E-state index in [1.807, 2.05) is 19.9 Å². The highest BCUT2D eigenvalue weighted by Crippen LogP contribution is 2.25.